The number of nitrogens with zero attached hydrogens (tertiary/aromatic N) is 4. The predicted octanol–water partition coefficient (Wildman–Crippen LogP) is 3.76. The van der Waals surface area contributed by atoms with Gasteiger partial charge < -0.3 is 9.84 Å². The van der Waals surface area contributed by atoms with Gasteiger partial charge in [0.15, 0.2) is 6.61 Å². The zero-order chi connectivity index (χ0) is 24.0. The van der Waals surface area contributed by atoms with Gasteiger partial charge in [0, 0.05) is 37.9 Å². The van der Waals surface area contributed by atoms with E-state index in [1.165, 1.54) is 22.8 Å². The van der Waals surface area contributed by atoms with Gasteiger partial charge in [-0.25, -0.2) is 17.9 Å². The topological polar surface area (TPSA) is 115 Å². The first-order valence-corrected chi connectivity index (χ1v) is 11.8. The molecule has 2 heterocycles. The van der Waals surface area contributed by atoms with Crippen LogP contribution in [0, 0.1) is 0 Å². The molecule has 4 aromatic rings. The highest BCUT2D eigenvalue weighted by molar-refractivity contribution is 7.89. The first kappa shape index (κ1) is 25.6. The molecule has 0 aliphatic carbocycles. The van der Waals surface area contributed by atoms with E-state index in [-0.39, 0.29) is 25.4 Å². The lowest BCUT2D eigenvalue weighted by atomic mass is 10.2. The first-order valence-electron chi connectivity index (χ1n) is 10.3. The Morgan fingerprint density at radius 1 is 0.971 bits per heavy atom. The molecule has 0 bridgehead atoms. The predicted molar refractivity (Wildman–Crippen MR) is 131 cm³/mol. The SMILES string of the molecule is C.O=C(O)COc1cccc(CN(Cc2ccc(-n3cccn3)cc2)S(=O)(=O)c2cccnc2)c1. The number of benzene rings is 2. The number of sulfonamides is 1. The second-order valence-electron chi connectivity index (χ2n) is 7.41. The van der Waals surface area contributed by atoms with Gasteiger partial charge in [0.05, 0.1) is 5.69 Å². The quantitative estimate of drug-likeness (QED) is 0.357. The van der Waals surface area contributed by atoms with E-state index in [0.717, 1.165) is 11.3 Å². The number of carboxylic acids is 1. The van der Waals surface area contributed by atoms with Crippen molar-refractivity contribution >= 4 is 16.0 Å². The standard InChI is InChI=1S/C24H22N4O5S.CH4/c29-24(30)18-33-22-5-1-4-20(14-22)17-27(34(31,32)23-6-2-11-25-15-23)16-19-7-9-21(10-8-19)28-13-3-12-26-28;/h1-15H,16-18H2,(H,29,30);1H4. The van der Waals surface area contributed by atoms with Crippen molar-refractivity contribution in [3.05, 3.63) is 103 Å². The number of pyridine rings is 1. The van der Waals surface area contributed by atoms with E-state index < -0.39 is 22.6 Å². The van der Waals surface area contributed by atoms with E-state index in [2.05, 4.69) is 10.1 Å². The van der Waals surface area contributed by atoms with Crippen molar-refractivity contribution in [3.8, 4) is 11.4 Å². The van der Waals surface area contributed by atoms with Crippen LogP contribution >= 0.6 is 0 Å². The van der Waals surface area contributed by atoms with Crippen molar-refractivity contribution in [2.75, 3.05) is 6.61 Å². The molecular weight excluding hydrogens is 468 g/mol. The van der Waals surface area contributed by atoms with E-state index in [1.54, 1.807) is 41.2 Å². The zero-order valence-corrected chi connectivity index (χ0v) is 18.9. The lowest BCUT2D eigenvalue weighted by Crippen LogP contribution is -2.30. The summed E-state index contributed by atoms with van der Waals surface area (Å²) in [6.45, 7) is -0.303. The number of aliphatic carboxylic acids is 1. The van der Waals surface area contributed by atoms with Crippen LogP contribution in [0.2, 0.25) is 0 Å². The highest BCUT2D eigenvalue weighted by Gasteiger charge is 2.25. The minimum absolute atomic E-state index is 0. The van der Waals surface area contributed by atoms with Gasteiger partial charge in [-0.15, -0.1) is 0 Å². The Bertz CT molecular complexity index is 1340. The summed E-state index contributed by atoms with van der Waals surface area (Å²) in [7, 11) is -3.87. The molecule has 0 saturated carbocycles. The summed E-state index contributed by atoms with van der Waals surface area (Å²) in [6, 6.07) is 19.1. The highest BCUT2D eigenvalue weighted by atomic mass is 32.2. The van der Waals surface area contributed by atoms with Crippen LogP contribution in [0.5, 0.6) is 5.75 Å². The summed E-state index contributed by atoms with van der Waals surface area (Å²) in [5, 5.41) is 13.0. The average Bonchev–Trinajstić information content (AvgIpc) is 3.39. The molecule has 0 aliphatic rings. The summed E-state index contributed by atoms with van der Waals surface area (Å²) in [5.74, 6) is -0.744. The summed E-state index contributed by atoms with van der Waals surface area (Å²) in [4.78, 5) is 14.8. The van der Waals surface area contributed by atoms with Crippen LogP contribution in [0.1, 0.15) is 18.6 Å². The fourth-order valence-electron chi connectivity index (χ4n) is 3.34. The van der Waals surface area contributed by atoms with Gasteiger partial charge in [0.25, 0.3) is 0 Å². The monoisotopic (exact) mass is 494 g/mol. The van der Waals surface area contributed by atoms with Gasteiger partial charge in [0.2, 0.25) is 10.0 Å². The van der Waals surface area contributed by atoms with Gasteiger partial charge in [-0.2, -0.15) is 9.40 Å². The summed E-state index contributed by atoms with van der Waals surface area (Å²) >= 11 is 0. The minimum atomic E-state index is -3.87. The maximum atomic E-state index is 13.5. The van der Waals surface area contributed by atoms with Crippen LogP contribution in [-0.4, -0.2) is 45.2 Å². The van der Waals surface area contributed by atoms with E-state index in [0.29, 0.717) is 11.3 Å². The first-order chi connectivity index (χ1) is 16.4. The Morgan fingerprint density at radius 2 is 1.74 bits per heavy atom. The van der Waals surface area contributed by atoms with Crippen LogP contribution in [0.4, 0.5) is 0 Å². The van der Waals surface area contributed by atoms with Crippen molar-refractivity contribution in [2.45, 2.75) is 25.4 Å². The molecular formula is C25H26N4O5S. The summed E-state index contributed by atoms with van der Waals surface area (Å²) in [5.41, 5.74) is 2.31. The van der Waals surface area contributed by atoms with Crippen LogP contribution in [0.3, 0.4) is 0 Å². The number of carbonyl (C=O) groups is 1. The fraction of sp³-hybridized carbons (Fsp3) is 0.160. The minimum Gasteiger partial charge on any atom is -0.482 e. The second kappa shape index (κ2) is 11.4. The average molecular weight is 495 g/mol. The number of hydrogen-bond acceptors (Lipinski definition) is 6. The molecule has 0 unspecified atom stereocenters. The maximum absolute atomic E-state index is 13.5. The Labute approximate surface area is 204 Å². The molecule has 0 radical (unpaired) electrons. The van der Waals surface area contributed by atoms with Crippen molar-refractivity contribution in [1.29, 1.82) is 0 Å². The van der Waals surface area contributed by atoms with Gasteiger partial charge in [0.1, 0.15) is 10.6 Å². The number of carboxylic acid groups (broad SMARTS) is 1. The van der Waals surface area contributed by atoms with Crippen LogP contribution < -0.4 is 4.74 Å². The van der Waals surface area contributed by atoms with E-state index in [1.807, 2.05) is 36.5 Å². The number of rotatable bonds is 10. The molecule has 0 fully saturated rings. The van der Waals surface area contributed by atoms with Crippen molar-refractivity contribution in [2.24, 2.45) is 0 Å². The van der Waals surface area contributed by atoms with E-state index >= 15 is 0 Å². The Hall–Kier alpha value is -4.02. The molecule has 9 nitrogen and oxygen atoms in total. The normalized spacial score (nSPS) is 11.1. The highest BCUT2D eigenvalue weighted by Crippen LogP contribution is 2.23. The Balaban J connectivity index is 0.00000342. The van der Waals surface area contributed by atoms with Gasteiger partial charge in [-0.3, -0.25) is 4.98 Å². The molecule has 0 saturated heterocycles. The van der Waals surface area contributed by atoms with Crippen LogP contribution in [-0.2, 0) is 27.9 Å². The molecule has 182 valence electrons. The van der Waals surface area contributed by atoms with Gasteiger partial charge in [-0.05, 0) is 53.6 Å². The molecule has 1 N–H and O–H groups in total. The third kappa shape index (κ3) is 6.52. The van der Waals surface area contributed by atoms with Crippen LogP contribution in [0.25, 0.3) is 5.69 Å². The Kier molecular flexibility index (Phi) is 8.34. The lowest BCUT2D eigenvalue weighted by Gasteiger charge is -2.23. The second-order valence-corrected chi connectivity index (χ2v) is 9.35. The molecule has 4 rings (SSSR count). The number of hydrogen-bond donors (Lipinski definition) is 1. The third-order valence-corrected chi connectivity index (χ3v) is 6.73. The van der Waals surface area contributed by atoms with Crippen LogP contribution in [0.15, 0.2) is 96.4 Å². The van der Waals surface area contributed by atoms with E-state index in [9.17, 15) is 13.2 Å². The zero-order valence-electron chi connectivity index (χ0n) is 18.1. The fourth-order valence-corrected chi connectivity index (χ4v) is 4.72. The molecule has 2 aromatic heterocycles. The molecule has 0 atom stereocenters. The Morgan fingerprint density at radius 3 is 2.40 bits per heavy atom. The van der Waals surface area contributed by atoms with Gasteiger partial charge in [-0.1, -0.05) is 31.7 Å². The lowest BCUT2D eigenvalue weighted by molar-refractivity contribution is -0.139. The van der Waals surface area contributed by atoms with Gasteiger partial charge >= 0.3 is 5.97 Å². The summed E-state index contributed by atoms with van der Waals surface area (Å²) < 4.78 is 35.2. The molecule has 0 amide bonds. The third-order valence-electron chi connectivity index (χ3n) is 4.96. The molecule has 0 aliphatic heterocycles. The smallest absolute Gasteiger partial charge is 0.341 e. The number of ether oxygens (including phenoxy) is 1. The maximum Gasteiger partial charge on any atom is 0.341 e. The van der Waals surface area contributed by atoms with Crippen molar-refractivity contribution in [3.63, 3.8) is 0 Å². The molecule has 10 heteroatoms. The number of aromatic nitrogens is 3. The van der Waals surface area contributed by atoms with Crippen molar-refractivity contribution < 1.29 is 23.1 Å². The summed E-state index contributed by atoms with van der Waals surface area (Å²) in [6.07, 6.45) is 6.34. The van der Waals surface area contributed by atoms with E-state index in [4.69, 9.17) is 9.84 Å². The molecule has 0 spiro atoms. The largest absolute Gasteiger partial charge is 0.482 e. The molecule has 35 heavy (non-hydrogen) atoms. The molecule has 2 aromatic carbocycles. The van der Waals surface area contributed by atoms with Crippen molar-refractivity contribution in [1.82, 2.24) is 19.1 Å².